The molecule has 4 heteroatoms. The van der Waals surface area contributed by atoms with Gasteiger partial charge in [-0.2, -0.15) is 0 Å². The molecule has 0 amide bonds. The molecule has 1 unspecified atom stereocenters. The van der Waals surface area contributed by atoms with E-state index in [9.17, 15) is 4.79 Å². The highest BCUT2D eigenvalue weighted by Gasteiger charge is 2.21. The number of aldehydes is 1. The van der Waals surface area contributed by atoms with Crippen LogP contribution in [0.5, 0.6) is 0 Å². The molecule has 27 heavy (non-hydrogen) atoms. The van der Waals surface area contributed by atoms with E-state index in [0.717, 1.165) is 60.0 Å². The molecule has 1 aromatic carbocycles. The summed E-state index contributed by atoms with van der Waals surface area (Å²) in [6.07, 6.45) is 6.35. The fourth-order valence-electron chi connectivity index (χ4n) is 4.21. The predicted molar refractivity (Wildman–Crippen MR) is 107 cm³/mol. The van der Waals surface area contributed by atoms with E-state index in [-0.39, 0.29) is 5.92 Å². The molecule has 1 atom stereocenters. The lowest BCUT2D eigenvalue weighted by Gasteiger charge is -2.14. The van der Waals surface area contributed by atoms with Crippen molar-refractivity contribution < 1.29 is 9.53 Å². The molecule has 0 spiro atoms. The summed E-state index contributed by atoms with van der Waals surface area (Å²) in [4.78, 5) is 16.4. The molecule has 0 N–H and O–H groups in total. The lowest BCUT2D eigenvalue weighted by atomic mass is 10.0. The monoisotopic (exact) mass is 362 g/mol. The Morgan fingerprint density at radius 3 is 2.85 bits per heavy atom. The summed E-state index contributed by atoms with van der Waals surface area (Å²) in [7, 11) is 0. The number of pyridine rings is 1. The Balaban J connectivity index is 1.82. The molecule has 3 aromatic rings. The first kappa shape index (κ1) is 17.9. The molecular formula is C23H26N2O2. The van der Waals surface area contributed by atoms with Crippen LogP contribution in [-0.2, 0) is 17.7 Å². The number of hydrogen-bond acceptors (Lipinski definition) is 3. The SMILES string of the molecule is CC(C)c1c(C=O)c2ccc(CC3CCCO3)cc2n1Cc1ccccn1. The average Bonchev–Trinajstić information content (AvgIpc) is 3.28. The van der Waals surface area contributed by atoms with Crippen LogP contribution in [0.2, 0.25) is 0 Å². The van der Waals surface area contributed by atoms with Crippen molar-refractivity contribution in [2.75, 3.05) is 6.61 Å². The molecule has 0 radical (unpaired) electrons. The van der Waals surface area contributed by atoms with Gasteiger partial charge in [0, 0.05) is 35.0 Å². The van der Waals surface area contributed by atoms with Crippen LogP contribution in [0.15, 0.2) is 42.6 Å². The maximum atomic E-state index is 11.9. The normalized spacial score (nSPS) is 17.1. The second kappa shape index (κ2) is 7.65. The molecule has 3 heterocycles. The van der Waals surface area contributed by atoms with E-state index < -0.39 is 0 Å². The van der Waals surface area contributed by atoms with Crippen LogP contribution in [-0.4, -0.2) is 28.5 Å². The van der Waals surface area contributed by atoms with E-state index in [0.29, 0.717) is 12.6 Å². The summed E-state index contributed by atoms with van der Waals surface area (Å²) in [5, 5.41) is 1.03. The van der Waals surface area contributed by atoms with Crippen LogP contribution < -0.4 is 0 Å². The summed E-state index contributed by atoms with van der Waals surface area (Å²) in [6.45, 7) is 5.82. The fourth-order valence-corrected chi connectivity index (χ4v) is 4.21. The first-order valence-electron chi connectivity index (χ1n) is 9.79. The van der Waals surface area contributed by atoms with Gasteiger partial charge in [-0.15, -0.1) is 0 Å². The largest absolute Gasteiger partial charge is 0.378 e. The van der Waals surface area contributed by atoms with Crippen LogP contribution >= 0.6 is 0 Å². The van der Waals surface area contributed by atoms with Crippen molar-refractivity contribution in [3.63, 3.8) is 0 Å². The number of benzene rings is 1. The third-order valence-electron chi connectivity index (χ3n) is 5.41. The first-order chi connectivity index (χ1) is 13.2. The lowest BCUT2D eigenvalue weighted by molar-refractivity contribution is 0.111. The Kier molecular flexibility index (Phi) is 5.08. The predicted octanol–water partition coefficient (Wildman–Crippen LogP) is 4.74. The molecule has 0 aliphatic carbocycles. The molecular weight excluding hydrogens is 336 g/mol. The van der Waals surface area contributed by atoms with Crippen LogP contribution in [0.3, 0.4) is 0 Å². The number of carbonyl (C=O) groups excluding carboxylic acids is 1. The number of rotatable bonds is 6. The van der Waals surface area contributed by atoms with Crippen molar-refractivity contribution in [3.8, 4) is 0 Å². The smallest absolute Gasteiger partial charge is 0.152 e. The van der Waals surface area contributed by atoms with Gasteiger partial charge in [-0.3, -0.25) is 9.78 Å². The van der Waals surface area contributed by atoms with E-state index in [4.69, 9.17) is 4.74 Å². The lowest BCUT2D eigenvalue weighted by Crippen LogP contribution is -2.10. The summed E-state index contributed by atoms with van der Waals surface area (Å²) in [6, 6.07) is 12.5. The van der Waals surface area contributed by atoms with Crippen molar-refractivity contribution in [3.05, 3.63) is 65.1 Å². The average molecular weight is 362 g/mol. The number of nitrogens with zero attached hydrogens (tertiary/aromatic N) is 2. The van der Waals surface area contributed by atoms with Gasteiger partial charge >= 0.3 is 0 Å². The Hall–Kier alpha value is -2.46. The zero-order valence-corrected chi connectivity index (χ0v) is 16.0. The number of hydrogen-bond donors (Lipinski definition) is 0. The summed E-state index contributed by atoms with van der Waals surface area (Å²) in [5.74, 6) is 0.253. The third-order valence-corrected chi connectivity index (χ3v) is 5.41. The van der Waals surface area contributed by atoms with Crippen LogP contribution in [0, 0.1) is 0 Å². The van der Waals surface area contributed by atoms with Gasteiger partial charge in [-0.1, -0.05) is 32.0 Å². The maximum Gasteiger partial charge on any atom is 0.152 e. The second-order valence-corrected chi connectivity index (χ2v) is 7.67. The van der Waals surface area contributed by atoms with Crippen molar-refractivity contribution >= 4 is 17.2 Å². The molecule has 0 saturated carbocycles. The molecule has 140 valence electrons. The summed E-state index contributed by atoms with van der Waals surface area (Å²) >= 11 is 0. The Bertz CT molecular complexity index is 938. The highest BCUT2D eigenvalue weighted by Crippen LogP contribution is 2.32. The molecule has 0 bridgehead atoms. The van der Waals surface area contributed by atoms with Gasteiger partial charge in [0.1, 0.15) is 0 Å². The summed E-state index contributed by atoms with van der Waals surface area (Å²) < 4.78 is 8.08. The highest BCUT2D eigenvalue weighted by molar-refractivity contribution is 6.00. The Morgan fingerprint density at radius 1 is 1.30 bits per heavy atom. The number of ether oxygens (including phenoxy) is 1. The minimum Gasteiger partial charge on any atom is -0.378 e. The van der Waals surface area contributed by atoms with E-state index in [1.165, 1.54) is 5.56 Å². The molecule has 1 saturated heterocycles. The molecule has 4 rings (SSSR count). The second-order valence-electron chi connectivity index (χ2n) is 7.67. The molecule has 2 aromatic heterocycles. The zero-order chi connectivity index (χ0) is 18.8. The Labute approximate surface area is 160 Å². The summed E-state index contributed by atoms with van der Waals surface area (Å²) in [5.41, 5.74) is 5.27. The van der Waals surface area contributed by atoms with Crippen LogP contribution in [0.25, 0.3) is 10.9 Å². The first-order valence-corrected chi connectivity index (χ1v) is 9.79. The van der Waals surface area contributed by atoms with Crippen LogP contribution in [0.1, 0.15) is 59.9 Å². The van der Waals surface area contributed by atoms with E-state index in [1.807, 2.05) is 24.4 Å². The van der Waals surface area contributed by atoms with E-state index in [1.54, 1.807) is 0 Å². The van der Waals surface area contributed by atoms with Crippen molar-refractivity contribution in [1.29, 1.82) is 0 Å². The minimum atomic E-state index is 0.253. The van der Waals surface area contributed by atoms with Gasteiger partial charge in [0.2, 0.25) is 0 Å². The van der Waals surface area contributed by atoms with Crippen molar-refractivity contribution in [2.24, 2.45) is 0 Å². The van der Waals surface area contributed by atoms with Crippen LogP contribution in [0.4, 0.5) is 0 Å². The fraction of sp³-hybridized carbons (Fsp3) is 0.391. The topological polar surface area (TPSA) is 44.1 Å². The molecule has 1 aliphatic rings. The molecule has 1 fully saturated rings. The van der Waals surface area contributed by atoms with Gasteiger partial charge in [-0.25, -0.2) is 0 Å². The van der Waals surface area contributed by atoms with Crippen molar-refractivity contribution in [2.45, 2.75) is 51.7 Å². The van der Waals surface area contributed by atoms with Gasteiger partial charge in [0.25, 0.3) is 0 Å². The van der Waals surface area contributed by atoms with E-state index >= 15 is 0 Å². The maximum absolute atomic E-state index is 11.9. The zero-order valence-electron chi connectivity index (χ0n) is 16.0. The number of aromatic nitrogens is 2. The standard InChI is InChI=1S/C23H26N2O2/c1-16(2)23-21(15-26)20-9-8-17(12-19-7-5-11-27-19)13-22(20)25(23)14-18-6-3-4-10-24-18/h3-4,6,8-10,13,15-16,19H,5,7,11-12,14H2,1-2H3. The minimum absolute atomic E-state index is 0.253. The molecule has 4 nitrogen and oxygen atoms in total. The number of carbonyl (C=O) groups is 1. The van der Waals surface area contributed by atoms with E-state index in [2.05, 4.69) is 41.6 Å². The van der Waals surface area contributed by atoms with Gasteiger partial charge in [0.15, 0.2) is 6.29 Å². The van der Waals surface area contributed by atoms with Gasteiger partial charge in [0.05, 0.1) is 18.3 Å². The Morgan fingerprint density at radius 2 is 2.19 bits per heavy atom. The highest BCUT2D eigenvalue weighted by atomic mass is 16.5. The van der Waals surface area contributed by atoms with Gasteiger partial charge < -0.3 is 9.30 Å². The molecule has 1 aliphatic heterocycles. The third kappa shape index (κ3) is 3.54. The number of fused-ring (bicyclic) bond motifs is 1. The van der Waals surface area contributed by atoms with Gasteiger partial charge in [-0.05, 0) is 48.9 Å². The quantitative estimate of drug-likeness (QED) is 0.595. The van der Waals surface area contributed by atoms with Crippen molar-refractivity contribution in [1.82, 2.24) is 9.55 Å².